The Labute approximate surface area is 105 Å². The van der Waals surface area contributed by atoms with Crippen molar-refractivity contribution in [1.29, 1.82) is 0 Å². The first-order valence-corrected chi connectivity index (χ1v) is 7.14. The third-order valence-electron chi connectivity index (χ3n) is 4.27. The molecule has 0 bridgehead atoms. The summed E-state index contributed by atoms with van der Waals surface area (Å²) in [5.41, 5.74) is 7.41. The Bertz CT molecular complexity index is 307. The molecule has 0 spiro atoms. The van der Waals surface area contributed by atoms with Crippen molar-refractivity contribution in [3.8, 4) is 0 Å². The van der Waals surface area contributed by atoms with Crippen molar-refractivity contribution in [2.75, 3.05) is 6.54 Å². The molecule has 1 aliphatic carbocycles. The summed E-state index contributed by atoms with van der Waals surface area (Å²) in [6, 6.07) is 10.9. The molecule has 1 fully saturated rings. The van der Waals surface area contributed by atoms with Crippen LogP contribution in [0.2, 0.25) is 0 Å². The van der Waals surface area contributed by atoms with Crippen LogP contribution >= 0.6 is 0 Å². The fourth-order valence-corrected chi connectivity index (χ4v) is 3.15. The number of rotatable bonds is 4. The van der Waals surface area contributed by atoms with Gasteiger partial charge in [-0.25, -0.2) is 0 Å². The third-order valence-corrected chi connectivity index (χ3v) is 4.27. The summed E-state index contributed by atoms with van der Waals surface area (Å²) >= 11 is 0. The summed E-state index contributed by atoms with van der Waals surface area (Å²) in [7, 11) is 0. The summed E-state index contributed by atoms with van der Waals surface area (Å²) in [5, 5.41) is 0. The van der Waals surface area contributed by atoms with E-state index in [1.54, 1.807) is 0 Å². The lowest BCUT2D eigenvalue weighted by Crippen LogP contribution is -2.23. The standard InChI is InChI=1S/C16H25N/c17-13-16-10-6-2-5-9-15(16)12-11-14-7-3-1-4-8-14/h1,3-4,7-8,15-16H,2,5-6,9-13,17H2. The minimum absolute atomic E-state index is 0.779. The fraction of sp³-hybridized carbons (Fsp3) is 0.625. The van der Waals surface area contributed by atoms with Crippen LogP contribution in [-0.4, -0.2) is 6.54 Å². The van der Waals surface area contributed by atoms with Gasteiger partial charge in [-0.3, -0.25) is 0 Å². The molecule has 1 aromatic carbocycles. The van der Waals surface area contributed by atoms with E-state index in [0.29, 0.717) is 0 Å². The summed E-state index contributed by atoms with van der Waals surface area (Å²) in [6.07, 6.45) is 9.52. The van der Waals surface area contributed by atoms with Crippen LogP contribution < -0.4 is 5.73 Å². The molecule has 0 aromatic heterocycles. The van der Waals surface area contributed by atoms with Crippen molar-refractivity contribution < 1.29 is 0 Å². The number of benzene rings is 1. The highest BCUT2D eigenvalue weighted by atomic mass is 14.6. The minimum atomic E-state index is 0.779. The number of hydrogen-bond acceptors (Lipinski definition) is 1. The molecular formula is C16H25N. The van der Waals surface area contributed by atoms with Crippen LogP contribution in [0.5, 0.6) is 0 Å². The van der Waals surface area contributed by atoms with Crippen LogP contribution in [-0.2, 0) is 6.42 Å². The lowest BCUT2D eigenvalue weighted by Gasteiger charge is -2.23. The summed E-state index contributed by atoms with van der Waals surface area (Å²) in [6.45, 7) is 0.888. The zero-order chi connectivity index (χ0) is 11.9. The lowest BCUT2D eigenvalue weighted by molar-refractivity contribution is 0.302. The Hall–Kier alpha value is -0.820. The van der Waals surface area contributed by atoms with E-state index in [1.165, 1.54) is 50.5 Å². The second-order valence-electron chi connectivity index (χ2n) is 5.42. The summed E-state index contributed by atoms with van der Waals surface area (Å²) in [4.78, 5) is 0. The first-order chi connectivity index (χ1) is 8.40. The van der Waals surface area contributed by atoms with Gasteiger partial charge in [0.05, 0.1) is 0 Å². The van der Waals surface area contributed by atoms with Gasteiger partial charge in [0.25, 0.3) is 0 Å². The van der Waals surface area contributed by atoms with Crippen molar-refractivity contribution >= 4 is 0 Å². The van der Waals surface area contributed by atoms with Crippen molar-refractivity contribution in [2.24, 2.45) is 17.6 Å². The van der Waals surface area contributed by atoms with Crippen LogP contribution in [0.15, 0.2) is 30.3 Å². The van der Waals surface area contributed by atoms with Gasteiger partial charge >= 0.3 is 0 Å². The van der Waals surface area contributed by atoms with Gasteiger partial charge in [0.15, 0.2) is 0 Å². The average molecular weight is 231 g/mol. The largest absolute Gasteiger partial charge is 0.330 e. The highest BCUT2D eigenvalue weighted by molar-refractivity contribution is 5.14. The Kier molecular flexibility index (Phi) is 5.06. The number of aryl methyl sites for hydroxylation is 1. The Morgan fingerprint density at radius 1 is 0.941 bits per heavy atom. The van der Waals surface area contributed by atoms with Crippen molar-refractivity contribution in [3.63, 3.8) is 0 Å². The highest BCUT2D eigenvalue weighted by Crippen LogP contribution is 2.31. The molecule has 0 heterocycles. The van der Waals surface area contributed by atoms with E-state index < -0.39 is 0 Å². The van der Waals surface area contributed by atoms with Gasteiger partial charge in [-0.1, -0.05) is 56.0 Å². The molecule has 2 N–H and O–H groups in total. The van der Waals surface area contributed by atoms with E-state index in [0.717, 1.165) is 18.4 Å². The molecule has 0 amide bonds. The van der Waals surface area contributed by atoms with Gasteiger partial charge in [-0.15, -0.1) is 0 Å². The van der Waals surface area contributed by atoms with E-state index in [9.17, 15) is 0 Å². The number of hydrogen-bond donors (Lipinski definition) is 1. The molecule has 94 valence electrons. The van der Waals surface area contributed by atoms with Gasteiger partial charge < -0.3 is 5.73 Å². The van der Waals surface area contributed by atoms with Crippen LogP contribution in [0.3, 0.4) is 0 Å². The predicted molar refractivity (Wildman–Crippen MR) is 73.9 cm³/mol. The Morgan fingerprint density at radius 2 is 1.65 bits per heavy atom. The van der Waals surface area contributed by atoms with Crippen LogP contribution in [0, 0.1) is 11.8 Å². The molecule has 1 nitrogen and oxygen atoms in total. The van der Waals surface area contributed by atoms with Gasteiger partial charge in [-0.2, -0.15) is 0 Å². The fourth-order valence-electron chi connectivity index (χ4n) is 3.15. The summed E-state index contributed by atoms with van der Waals surface area (Å²) < 4.78 is 0. The first kappa shape index (κ1) is 12.6. The molecule has 2 unspecified atom stereocenters. The number of nitrogens with two attached hydrogens (primary N) is 1. The van der Waals surface area contributed by atoms with Gasteiger partial charge in [0, 0.05) is 0 Å². The Balaban J connectivity index is 1.87. The van der Waals surface area contributed by atoms with Crippen molar-refractivity contribution in [1.82, 2.24) is 0 Å². The minimum Gasteiger partial charge on any atom is -0.330 e. The van der Waals surface area contributed by atoms with E-state index in [-0.39, 0.29) is 0 Å². The smallest absolute Gasteiger partial charge is 0.00462 e. The monoisotopic (exact) mass is 231 g/mol. The molecule has 0 aliphatic heterocycles. The van der Waals surface area contributed by atoms with Gasteiger partial charge in [0.1, 0.15) is 0 Å². The zero-order valence-electron chi connectivity index (χ0n) is 10.8. The maximum Gasteiger partial charge on any atom is -0.00462 e. The second-order valence-corrected chi connectivity index (χ2v) is 5.42. The zero-order valence-corrected chi connectivity index (χ0v) is 10.8. The SMILES string of the molecule is NCC1CCCCCC1CCc1ccccc1. The second kappa shape index (κ2) is 6.80. The molecule has 0 saturated heterocycles. The molecule has 2 atom stereocenters. The van der Waals surface area contributed by atoms with E-state index in [2.05, 4.69) is 30.3 Å². The molecule has 17 heavy (non-hydrogen) atoms. The molecule has 2 rings (SSSR count). The van der Waals surface area contributed by atoms with Crippen LogP contribution in [0.1, 0.15) is 44.1 Å². The Morgan fingerprint density at radius 3 is 2.35 bits per heavy atom. The third kappa shape index (κ3) is 3.85. The van der Waals surface area contributed by atoms with E-state index in [4.69, 9.17) is 5.73 Å². The molecule has 1 saturated carbocycles. The quantitative estimate of drug-likeness (QED) is 0.784. The van der Waals surface area contributed by atoms with E-state index in [1.807, 2.05) is 0 Å². The van der Waals surface area contributed by atoms with Crippen molar-refractivity contribution in [2.45, 2.75) is 44.9 Å². The molecule has 1 aromatic rings. The van der Waals surface area contributed by atoms with Crippen LogP contribution in [0.25, 0.3) is 0 Å². The molecule has 1 heteroatoms. The topological polar surface area (TPSA) is 26.0 Å². The first-order valence-electron chi connectivity index (χ1n) is 7.14. The molecular weight excluding hydrogens is 206 g/mol. The molecule has 0 radical (unpaired) electrons. The van der Waals surface area contributed by atoms with Crippen molar-refractivity contribution in [3.05, 3.63) is 35.9 Å². The lowest BCUT2D eigenvalue weighted by atomic mass is 9.84. The maximum atomic E-state index is 5.93. The normalized spacial score (nSPS) is 25.5. The van der Waals surface area contributed by atoms with Gasteiger partial charge in [0.2, 0.25) is 0 Å². The average Bonchev–Trinajstić information content (AvgIpc) is 2.62. The molecule has 1 aliphatic rings. The predicted octanol–water partition coefficient (Wildman–Crippen LogP) is 3.77. The van der Waals surface area contributed by atoms with E-state index >= 15 is 0 Å². The van der Waals surface area contributed by atoms with Gasteiger partial charge in [-0.05, 0) is 43.2 Å². The maximum absolute atomic E-state index is 5.93. The summed E-state index contributed by atoms with van der Waals surface area (Å²) in [5.74, 6) is 1.64. The van der Waals surface area contributed by atoms with Crippen LogP contribution in [0.4, 0.5) is 0 Å². The highest BCUT2D eigenvalue weighted by Gasteiger charge is 2.21.